The Morgan fingerprint density at radius 3 is 2.84 bits per heavy atom. The maximum Gasteiger partial charge on any atom is 0.0708 e. The van der Waals surface area contributed by atoms with Crippen LogP contribution in [0.15, 0.2) is 30.3 Å². The van der Waals surface area contributed by atoms with Crippen molar-refractivity contribution < 1.29 is 0 Å². The number of hydrogen-bond donors (Lipinski definition) is 0. The van der Waals surface area contributed by atoms with E-state index in [9.17, 15) is 0 Å². The Labute approximate surface area is 114 Å². The molecule has 3 heteroatoms. The maximum absolute atomic E-state index is 8.88. The Hall–Kier alpha value is -1.92. The number of pyridine rings is 1. The van der Waals surface area contributed by atoms with Gasteiger partial charge >= 0.3 is 0 Å². The van der Waals surface area contributed by atoms with Crippen molar-refractivity contribution in [2.24, 2.45) is 5.92 Å². The molecule has 1 aromatic heterocycles. The molecule has 1 atom stereocenters. The Morgan fingerprint density at radius 1 is 1.37 bits per heavy atom. The smallest absolute Gasteiger partial charge is 0.0708 e. The molecular formula is C16H19N3. The van der Waals surface area contributed by atoms with Crippen LogP contribution in [0.4, 0.5) is 0 Å². The summed E-state index contributed by atoms with van der Waals surface area (Å²) in [6.07, 6.45) is 0. The summed E-state index contributed by atoms with van der Waals surface area (Å²) in [5.41, 5.74) is 3.35. The van der Waals surface area contributed by atoms with Gasteiger partial charge in [-0.2, -0.15) is 5.26 Å². The second-order valence-electron chi connectivity index (χ2n) is 5.17. The lowest BCUT2D eigenvalue weighted by molar-refractivity contribution is 0.304. The monoisotopic (exact) mass is 253 g/mol. The van der Waals surface area contributed by atoms with E-state index in [1.54, 1.807) is 0 Å². The van der Waals surface area contributed by atoms with Crippen molar-refractivity contribution in [3.05, 3.63) is 41.6 Å². The summed E-state index contributed by atoms with van der Waals surface area (Å²) in [6.45, 7) is 5.60. The van der Waals surface area contributed by atoms with Crippen molar-refractivity contribution in [3.8, 4) is 6.07 Å². The third kappa shape index (κ3) is 3.30. The molecule has 0 spiro atoms. The van der Waals surface area contributed by atoms with Gasteiger partial charge in [-0.1, -0.05) is 18.2 Å². The second kappa shape index (κ2) is 5.81. The first-order valence-electron chi connectivity index (χ1n) is 6.53. The van der Waals surface area contributed by atoms with Gasteiger partial charge in [0, 0.05) is 24.2 Å². The SMILES string of the molecule is Cc1cc(CN(C)CC(C)C#N)c2ccccc2n1. The van der Waals surface area contributed by atoms with E-state index in [4.69, 9.17) is 5.26 Å². The zero-order valence-electron chi connectivity index (χ0n) is 11.7. The van der Waals surface area contributed by atoms with Crippen molar-refractivity contribution in [2.45, 2.75) is 20.4 Å². The van der Waals surface area contributed by atoms with Crippen LogP contribution >= 0.6 is 0 Å². The van der Waals surface area contributed by atoms with Gasteiger partial charge in [0.25, 0.3) is 0 Å². The topological polar surface area (TPSA) is 39.9 Å². The van der Waals surface area contributed by atoms with Gasteiger partial charge in [-0.3, -0.25) is 4.98 Å². The van der Waals surface area contributed by atoms with E-state index in [1.165, 1.54) is 10.9 Å². The minimum absolute atomic E-state index is 0.0548. The number of aryl methyl sites for hydroxylation is 1. The summed E-state index contributed by atoms with van der Waals surface area (Å²) in [7, 11) is 2.05. The molecule has 1 aromatic carbocycles. The van der Waals surface area contributed by atoms with Gasteiger partial charge < -0.3 is 4.90 Å². The number of aromatic nitrogens is 1. The molecule has 0 bridgehead atoms. The standard InChI is InChI=1S/C16H19N3/c1-12(9-17)10-19(3)11-14-8-13(2)18-16-7-5-4-6-15(14)16/h4-8,12H,10-11H2,1-3H3. The molecule has 2 rings (SSSR count). The molecule has 0 aliphatic rings. The number of fused-ring (bicyclic) bond motifs is 1. The number of nitriles is 1. The summed E-state index contributed by atoms with van der Waals surface area (Å²) >= 11 is 0. The molecular weight excluding hydrogens is 234 g/mol. The van der Waals surface area contributed by atoms with Crippen LogP contribution in [0.2, 0.25) is 0 Å². The first-order chi connectivity index (χ1) is 9.10. The first kappa shape index (κ1) is 13.5. The fourth-order valence-electron chi connectivity index (χ4n) is 2.39. The minimum Gasteiger partial charge on any atom is -0.301 e. The highest BCUT2D eigenvalue weighted by atomic mass is 15.1. The summed E-state index contributed by atoms with van der Waals surface area (Å²) in [5.74, 6) is 0.0548. The van der Waals surface area contributed by atoms with E-state index in [0.717, 1.165) is 24.3 Å². The number of hydrogen-bond acceptors (Lipinski definition) is 3. The average Bonchev–Trinajstić information content (AvgIpc) is 2.38. The maximum atomic E-state index is 8.88. The van der Waals surface area contributed by atoms with Gasteiger partial charge in [-0.25, -0.2) is 0 Å². The quantitative estimate of drug-likeness (QED) is 0.840. The van der Waals surface area contributed by atoms with Crippen molar-refractivity contribution in [1.29, 1.82) is 5.26 Å². The van der Waals surface area contributed by atoms with Gasteiger partial charge in [0.2, 0.25) is 0 Å². The van der Waals surface area contributed by atoms with Crippen molar-refractivity contribution in [2.75, 3.05) is 13.6 Å². The van der Waals surface area contributed by atoms with Crippen LogP contribution in [0.1, 0.15) is 18.2 Å². The van der Waals surface area contributed by atoms with Crippen LogP contribution in [-0.2, 0) is 6.54 Å². The molecule has 0 amide bonds. The van der Waals surface area contributed by atoms with Gasteiger partial charge in [0.05, 0.1) is 17.5 Å². The van der Waals surface area contributed by atoms with E-state index >= 15 is 0 Å². The van der Waals surface area contributed by atoms with E-state index in [-0.39, 0.29) is 5.92 Å². The van der Waals surface area contributed by atoms with Crippen LogP contribution in [0.3, 0.4) is 0 Å². The van der Waals surface area contributed by atoms with Gasteiger partial charge in [-0.15, -0.1) is 0 Å². The third-order valence-corrected chi connectivity index (χ3v) is 3.18. The molecule has 0 saturated heterocycles. The lowest BCUT2D eigenvalue weighted by atomic mass is 10.1. The molecule has 1 heterocycles. The van der Waals surface area contributed by atoms with Crippen LogP contribution in [0.5, 0.6) is 0 Å². The van der Waals surface area contributed by atoms with Gasteiger partial charge in [0.15, 0.2) is 0 Å². The lowest BCUT2D eigenvalue weighted by Gasteiger charge is -2.19. The summed E-state index contributed by atoms with van der Waals surface area (Å²) in [4.78, 5) is 6.74. The fraction of sp³-hybridized carbons (Fsp3) is 0.375. The highest BCUT2D eigenvalue weighted by Gasteiger charge is 2.09. The van der Waals surface area contributed by atoms with Crippen molar-refractivity contribution in [1.82, 2.24) is 9.88 Å². The molecule has 1 unspecified atom stereocenters. The molecule has 0 saturated carbocycles. The molecule has 0 N–H and O–H groups in total. The summed E-state index contributed by atoms with van der Waals surface area (Å²) < 4.78 is 0. The number of rotatable bonds is 4. The zero-order chi connectivity index (χ0) is 13.8. The highest BCUT2D eigenvalue weighted by molar-refractivity contribution is 5.82. The van der Waals surface area contributed by atoms with E-state index in [2.05, 4.69) is 35.1 Å². The van der Waals surface area contributed by atoms with Gasteiger partial charge in [-0.05, 0) is 38.6 Å². The minimum atomic E-state index is 0.0548. The molecule has 3 nitrogen and oxygen atoms in total. The molecule has 98 valence electrons. The highest BCUT2D eigenvalue weighted by Crippen LogP contribution is 2.19. The van der Waals surface area contributed by atoms with Crippen LogP contribution in [0.25, 0.3) is 10.9 Å². The first-order valence-corrected chi connectivity index (χ1v) is 6.53. The largest absolute Gasteiger partial charge is 0.301 e. The molecule has 0 aliphatic heterocycles. The molecule has 0 fully saturated rings. The van der Waals surface area contributed by atoms with Crippen LogP contribution < -0.4 is 0 Å². The Morgan fingerprint density at radius 2 is 2.11 bits per heavy atom. The summed E-state index contributed by atoms with van der Waals surface area (Å²) in [6, 6.07) is 12.6. The molecule has 0 aliphatic carbocycles. The Bertz CT molecular complexity index is 613. The van der Waals surface area contributed by atoms with E-state index in [1.807, 2.05) is 32.0 Å². The van der Waals surface area contributed by atoms with Crippen molar-refractivity contribution in [3.63, 3.8) is 0 Å². The lowest BCUT2D eigenvalue weighted by Crippen LogP contribution is -2.23. The second-order valence-corrected chi connectivity index (χ2v) is 5.17. The fourth-order valence-corrected chi connectivity index (χ4v) is 2.39. The number of benzene rings is 1. The van der Waals surface area contributed by atoms with Crippen molar-refractivity contribution >= 4 is 10.9 Å². The zero-order valence-corrected chi connectivity index (χ0v) is 11.7. The van der Waals surface area contributed by atoms with Gasteiger partial charge in [0.1, 0.15) is 0 Å². The molecule has 19 heavy (non-hydrogen) atoms. The molecule has 2 aromatic rings. The molecule has 0 radical (unpaired) electrons. The Balaban J connectivity index is 2.27. The van der Waals surface area contributed by atoms with E-state index in [0.29, 0.717) is 0 Å². The average molecular weight is 253 g/mol. The van der Waals surface area contributed by atoms with Crippen LogP contribution in [0, 0.1) is 24.2 Å². The third-order valence-electron chi connectivity index (χ3n) is 3.18. The number of para-hydroxylation sites is 1. The normalized spacial score (nSPS) is 12.6. The van der Waals surface area contributed by atoms with E-state index < -0.39 is 0 Å². The number of nitrogens with zero attached hydrogens (tertiary/aromatic N) is 3. The predicted molar refractivity (Wildman–Crippen MR) is 77.6 cm³/mol. The summed E-state index contributed by atoms with van der Waals surface area (Å²) in [5, 5.41) is 10.1. The van der Waals surface area contributed by atoms with Crippen LogP contribution in [-0.4, -0.2) is 23.5 Å². The predicted octanol–water partition coefficient (Wildman–Crippen LogP) is 3.13. The Kier molecular flexibility index (Phi) is 4.13.